The predicted molar refractivity (Wildman–Crippen MR) is 168 cm³/mol. The summed E-state index contributed by atoms with van der Waals surface area (Å²) in [5, 5.41) is 5.01. The highest BCUT2D eigenvalue weighted by molar-refractivity contribution is 5.51. The number of azo groups is 2. The molecule has 2 aromatic rings. The number of hydrogen-bond donors (Lipinski definition) is 0. The molecule has 0 aliphatic carbocycles. The van der Waals surface area contributed by atoms with Crippen LogP contribution >= 0.6 is 0 Å². The van der Waals surface area contributed by atoms with Crippen LogP contribution in [0.2, 0.25) is 0 Å². The molecule has 2 aromatic carbocycles. The molecule has 2 heteroatoms. The molecule has 0 fully saturated rings. The second kappa shape index (κ2) is 18.9. The lowest BCUT2D eigenvalue weighted by molar-refractivity contribution is -0.491. The lowest BCUT2D eigenvalue weighted by atomic mass is 9.91. The third kappa shape index (κ3) is 12.1. The first-order valence-electron chi connectivity index (χ1n) is 15.9. The van der Waals surface area contributed by atoms with Gasteiger partial charge in [0, 0.05) is 6.08 Å². The van der Waals surface area contributed by atoms with E-state index in [9.17, 15) is 0 Å². The van der Waals surface area contributed by atoms with Crippen LogP contribution in [0.15, 0.2) is 41.6 Å². The summed E-state index contributed by atoms with van der Waals surface area (Å²) in [7, 11) is 2.06. The summed E-state index contributed by atoms with van der Waals surface area (Å²) in [4.78, 5) is 0. The zero-order valence-corrected chi connectivity index (χ0v) is 25.7. The van der Waals surface area contributed by atoms with Crippen LogP contribution < -0.4 is 0 Å². The molecule has 0 atom stereocenters. The second-order valence-electron chi connectivity index (χ2n) is 11.3. The molecule has 0 bridgehead atoms. The van der Waals surface area contributed by atoms with Crippen LogP contribution in [-0.4, -0.2) is 11.7 Å². The van der Waals surface area contributed by atoms with E-state index < -0.39 is 0 Å². The number of rotatable bonds is 19. The van der Waals surface area contributed by atoms with Gasteiger partial charge in [-0.25, -0.2) is 0 Å². The Balaban J connectivity index is 2.19. The Labute approximate surface area is 235 Å². The average Bonchev–Trinajstić information content (AvgIpc) is 2.90. The van der Waals surface area contributed by atoms with E-state index in [1.165, 1.54) is 118 Å². The number of aryl methyl sites for hydroxylation is 4. The van der Waals surface area contributed by atoms with Crippen LogP contribution in [0.25, 0.3) is 6.08 Å². The Kier molecular flexibility index (Phi) is 15.9. The van der Waals surface area contributed by atoms with Crippen molar-refractivity contribution in [2.45, 2.75) is 137 Å². The maximum Gasteiger partial charge on any atom is 0.196 e. The molecule has 0 heterocycles. The topological polar surface area (TPSA) is 15.4 Å². The molecule has 0 aliphatic rings. The average molecular weight is 518 g/mol. The highest BCUT2D eigenvalue weighted by Crippen LogP contribution is 2.27. The van der Waals surface area contributed by atoms with E-state index in [0.29, 0.717) is 0 Å². The van der Waals surface area contributed by atoms with Crippen molar-refractivity contribution in [3.8, 4) is 0 Å². The molecule has 0 amide bonds. The van der Waals surface area contributed by atoms with Gasteiger partial charge in [-0.05, 0) is 96.9 Å². The molecule has 2 nitrogen and oxygen atoms in total. The van der Waals surface area contributed by atoms with Gasteiger partial charge in [-0.15, -0.1) is 0 Å². The van der Waals surface area contributed by atoms with E-state index in [2.05, 4.69) is 84.3 Å². The van der Waals surface area contributed by atoms with Crippen molar-refractivity contribution in [1.82, 2.24) is 0 Å². The van der Waals surface area contributed by atoms with Crippen molar-refractivity contribution >= 4 is 11.8 Å². The number of nitrogens with zero attached hydrogens (tertiary/aromatic N) is 2. The lowest BCUT2D eigenvalue weighted by Gasteiger charge is -2.14. The zero-order chi connectivity index (χ0) is 27.6. The maximum atomic E-state index is 5.01. The van der Waals surface area contributed by atoms with Gasteiger partial charge in [-0.1, -0.05) is 114 Å². The largest absolute Gasteiger partial charge is 0.196 e. The van der Waals surface area contributed by atoms with Gasteiger partial charge in [-0.3, -0.25) is 0 Å². The maximum absolute atomic E-state index is 5.01. The van der Waals surface area contributed by atoms with Gasteiger partial charge < -0.3 is 0 Å². The Morgan fingerprint density at radius 3 is 1.89 bits per heavy atom. The van der Waals surface area contributed by atoms with E-state index in [1.54, 1.807) is 5.56 Å². The molecule has 38 heavy (non-hydrogen) atoms. The van der Waals surface area contributed by atoms with Crippen molar-refractivity contribution in [1.29, 1.82) is 0 Å². The molecule has 0 spiro atoms. The summed E-state index contributed by atoms with van der Waals surface area (Å²) in [5.74, 6) is 0. The minimum Gasteiger partial charge on any atom is -0.0934 e. The lowest BCUT2D eigenvalue weighted by Crippen LogP contribution is -2.01. The summed E-state index contributed by atoms with van der Waals surface area (Å²) < 4.78 is 1.99. The van der Waals surface area contributed by atoms with Crippen LogP contribution in [0.3, 0.4) is 0 Å². The fraction of sp³-hybridized carbons (Fsp3) is 0.611. The fourth-order valence-electron chi connectivity index (χ4n) is 5.50. The molecule has 0 saturated heterocycles. The molecule has 210 valence electrons. The highest BCUT2D eigenvalue weighted by Gasteiger charge is 2.11. The molecule has 0 unspecified atom stereocenters. The van der Waals surface area contributed by atoms with Crippen LogP contribution in [-0.2, 0) is 25.7 Å². The van der Waals surface area contributed by atoms with Gasteiger partial charge in [0.15, 0.2) is 13.2 Å². The number of benzene rings is 2. The third-order valence-corrected chi connectivity index (χ3v) is 7.61. The van der Waals surface area contributed by atoms with Crippen LogP contribution in [0.5, 0.6) is 0 Å². The smallest absolute Gasteiger partial charge is 0.0934 e. The second-order valence-corrected chi connectivity index (χ2v) is 11.3. The van der Waals surface area contributed by atoms with Crippen LogP contribution in [0.1, 0.15) is 138 Å². The summed E-state index contributed by atoms with van der Waals surface area (Å²) in [6.45, 7) is 11.4. The first kappa shape index (κ1) is 32.0. The van der Waals surface area contributed by atoms with E-state index in [1.807, 2.05) is 4.70 Å². The fourth-order valence-corrected chi connectivity index (χ4v) is 5.50. The van der Waals surface area contributed by atoms with Gasteiger partial charge in [0.1, 0.15) is 5.69 Å². The SMILES string of the molecule is CCCCCCCCc1cc(N=[N+](C)C=Cc2cc(C)cc(CCCCCC)c2)cc(CCCC)c1CC. The van der Waals surface area contributed by atoms with E-state index in [4.69, 9.17) is 5.11 Å². The molecule has 0 aromatic heterocycles. The Hall–Kier alpha value is -2.22. The quantitative estimate of drug-likeness (QED) is 0.1000. The van der Waals surface area contributed by atoms with Gasteiger partial charge in [-0.2, -0.15) is 0 Å². The van der Waals surface area contributed by atoms with Crippen molar-refractivity contribution < 1.29 is 4.70 Å². The van der Waals surface area contributed by atoms with E-state index in [0.717, 1.165) is 18.5 Å². The van der Waals surface area contributed by atoms with Crippen molar-refractivity contribution in [3.05, 3.63) is 69.9 Å². The normalized spacial score (nSPS) is 12.1. The van der Waals surface area contributed by atoms with Crippen molar-refractivity contribution in [2.75, 3.05) is 7.05 Å². The van der Waals surface area contributed by atoms with E-state index in [-0.39, 0.29) is 0 Å². The molecule has 0 aliphatic heterocycles. The monoisotopic (exact) mass is 517 g/mol. The van der Waals surface area contributed by atoms with Crippen molar-refractivity contribution in [3.63, 3.8) is 0 Å². The molecule has 0 radical (unpaired) electrons. The zero-order valence-electron chi connectivity index (χ0n) is 25.7. The Morgan fingerprint density at radius 2 is 1.24 bits per heavy atom. The predicted octanol–water partition coefficient (Wildman–Crippen LogP) is 11.3. The summed E-state index contributed by atoms with van der Waals surface area (Å²) in [6.07, 6.45) is 24.8. The standard InChI is InChI=1S/C36H57N2/c1-7-11-14-16-17-19-22-34-29-35(28-33(21-13-9-3)36(34)10-4)37-38(6)24-23-32-26-30(5)25-31(27-32)20-18-15-12-8-2/h23-29H,7-22H2,1-6H3/q+1. The summed E-state index contributed by atoms with van der Waals surface area (Å²) in [5.41, 5.74) is 9.78. The van der Waals surface area contributed by atoms with Gasteiger partial charge >= 0.3 is 0 Å². The number of unbranched alkanes of at least 4 members (excludes halogenated alkanes) is 9. The van der Waals surface area contributed by atoms with Gasteiger partial charge in [0.2, 0.25) is 0 Å². The van der Waals surface area contributed by atoms with Gasteiger partial charge in [0.05, 0.1) is 0 Å². The first-order chi connectivity index (χ1) is 18.5. The number of hydrogen-bond acceptors (Lipinski definition) is 1. The highest BCUT2D eigenvalue weighted by atomic mass is 15.2. The van der Waals surface area contributed by atoms with Crippen molar-refractivity contribution in [2.24, 2.45) is 5.11 Å². The Morgan fingerprint density at radius 1 is 0.658 bits per heavy atom. The van der Waals surface area contributed by atoms with Gasteiger partial charge in [0.25, 0.3) is 0 Å². The van der Waals surface area contributed by atoms with E-state index >= 15 is 0 Å². The summed E-state index contributed by atoms with van der Waals surface area (Å²) >= 11 is 0. The Bertz CT molecular complexity index is 999. The van der Waals surface area contributed by atoms with Crippen LogP contribution in [0, 0.1) is 6.92 Å². The molecule has 0 N–H and O–H groups in total. The molecule has 0 saturated carbocycles. The molecular weight excluding hydrogens is 460 g/mol. The third-order valence-electron chi connectivity index (χ3n) is 7.61. The minimum atomic E-state index is 1.10. The van der Waals surface area contributed by atoms with Crippen LogP contribution in [0.4, 0.5) is 5.69 Å². The minimum absolute atomic E-state index is 1.10. The first-order valence-corrected chi connectivity index (χ1v) is 15.9. The molecular formula is C36H57N2+. The molecule has 2 rings (SSSR count). The summed E-state index contributed by atoms with van der Waals surface area (Å²) in [6, 6.07) is 11.7.